The summed E-state index contributed by atoms with van der Waals surface area (Å²) in [6, 6.07) is 13.6. The number of anilines is 1. The smallest absolute Gasteiger partial charge is 0.244 e. The largest absolute Gasteiger partial charge is 0.454 e. The van der Waals surface area contributed by atoms with Crippen LogP contribution in [0.1, 0.15) is 39.7 Å². The summed E-state index contributed by atoms with van der Waals surface area (Å²) in [4.78, 5) is 28.2. The van der Waals surface area contributed by atoms with E-state index in [1.807, 2.05) is 51.1 Å². The molecule has 3 rings (SSSR count). The molecule has 0 saturated heterocycles. The summed E-state index contributed by atoms with van der Waals surface area (Å²) in [6.07, 6.45) is 0.923. The van der Waals surface area contributed by atoms with E-state index in [4.69, 9.17) is 9.47 Å². The van der Waals surface area contributed by atoms with Crippen LogP contribution in [0.2, 0.25) is 0 Å². The van der Waals surface area contributed by atoms with Crippen molar-refractivity contribution in [3.05, 3.63) is 54.1 Å². The predicted octanol–water partition coefficient (Wildman–Crippen LogP) is 2.95. The Bertz CT molecular complexity index is 1150. The van der Waals surface area contributed by atoms with Crippen molar-refractivity contribution >= 4 is 27.5 Å². The van der Waals surface area contributed by atoms with Crippen molar-refractivity contribution in [2.75, 3.05) is 29.9 Å². The molecule has 0 aliphatic carbocycles. The topological polar surface area (TPSA) is 105 Å². The van der Waals surface area contributed by atoms with Gasteiger partial charge in [-0.1, -0.05) is 37.3 Å². The van der Waals surface area contributed by atoms with Crippen LogP contribution in [0.5, 0.6) is 11.5 Å². The summed E-state index contributed by atoms with van der Waals surface area (Å²) in [7, 11) is -3.81. The quantitative estimate of drug-likeness (QED) is 0.464. The van der Waals surface area contributed by atoms with Gasteiger partial charge in [-0.05, 0) is 51.3 Å². The van der Waals surface area contributed by atoms with Crippen molar-refractivity contribution in [3.8, 4) is 11.5 Å². The van der Waals surface area contributed by atoms with Gasteiger partial charge in [0.15, 0.2) is 11.5 Å². The van der Waals surface area contributed by atoms with E-state index in [1.54, 1.807) is 18.2 Å². The molecule has 0 spiro atoms. The van der Waals surface area contributed by atoms with E-state index in [0.717, 1.165) is 9.87 Å². The molecule has 196 valence electrons. The average molecular weight is 518 g/mol. The lowest BCUT2D eigenvalue weighted by molar-refractivity contribution is -0.139. The minimum atomic E-state index is -3.81. The van der Waals surface area contributed by atoms with Crippen molar-refractivity contribution in [2.45, 2.75) is 52.6 Å². The number of carbonyl (C=O) groups is 2. The number of hydrogen-bond acceptors (Lipinski definition) is 6. The van der Waals surface area contributed by atoms with E-state index in [1.165, 1.54) is 11.8 Å². The molecule has 1 atom stereocenters. The van der Waals surface area contributed by atoms with Gasteiger partial charge in [-0.2, -0.15) is 0 Å². The van der Waals surface area contributed by atoms with Crippen LogP contribution in [0, 0.1) is 0 Å². The standard InChI is InChI=1S/C26H35N3O6S/c1-5-22(26(31)27-19(3)4)28(15-14-20-10-8-7-9-11-20)25(30)17-29(36(32,33)6-2)21-12-13-23-24(16-21)35-18-34-23/h7-13,16,19,22H,5-6,14-15,17-18H2,1-4H3,(H,27,31)/t22-/m0/s1. The first kappa shape index (κ1) is 27.3. The maximum atomic E-state index is 13.7. The second kappa shape index (κ2) is 12.1. The van der Waals surface area contributed by atoms with Crippen LogP contribution in [0.15, 0.2) is 48.5 Å². The van der Waals surface area contributed by atoms with Crippen LogP contribution in [-0.4, -0.2) is 62.9 Å². The lowest BCUT2D eigenvalue weighted by Gasteiger charge is -2.33. The lowest BCUT2D eigenvalue weighted by Crippen LogP contribution is -2.54. The molecule has 0 bridgehead atoms. The van der Waals surface area contributed by atoms with Crippen molar-refractivity contribution in [1.29, 1.82) is 0 Å². The maximum absolute atomic E-state index is 13.7. The number of ether oxygens (including phenoxy) is 2. The van der Waals surface area contributed by atoms with Crippen molar-refractivity contribution in [2.24, 2.45) is 0 Å². The molecule has 1 aliphatic heterocycles. The fourth-order valence-electron chi connectivity index (χ4n) is 4.04. The molecular weight excluding hydrogens is 482 g/mol. The van der Waals surface area contributed by atoms with E-state index in [2.05, 4.69) is 5.32 Å². The van der Waals surface area contributed by atoms with Crippen LogP contribution in [0.3, 0.4) is 0 Å². The van der Waals surface area contributed by atoms with Crippen LogP contribution < -0.4 is 19.1 Å². The molecule has 2 aromatic rings. The highest BCUT2D eigenvalue weighted by Crippen LogP contribution is 2.36. The number of hydrogen-bond donors (Lipinski definition) is 1. The highest BCUT2D eigenvalue weighted by molar-refractivity contribution is 7.92. The lowest BCUT2D eigenvalue weighted by atomic mass is 10.1. The number of rotatable bonds is 12. The average Bonchev–Trinajstić information content (AvgIpc) is 3.33. The number of nitrogens with one attached hydrogen (secondary N) is 1. The maximum Gasteiger partial charge on any atom is 0.244 e. The van der Waals surface area contributed by atoms with Gasteiger partial charge in [0.25, 0.3) is 0 Å². The molecule has 1 aliphatic rings. The predicted molar refractivity (Wildman–Crippen MR) is 139 cm³/mol. The second-order valence-corrected chi connectivity index (χ2v) is 11.0. The van der Waals surface area contributed by atoms with Crippen molar-refractivity contribution < 1.29 is 27.5 Å². The van der Waals surface area contributed by atoms with Gasteiger partial charge in [0, 0.05) is 18.7 Å². The van der Waals surface area contributed by atoms with Gasteiger partial charge in [-0.3, -0.25) is 13.9 Å². The Kier molecular flexibility index (Phi) is 9.19. The van der Waals surface area contributed by atoms with E-state index in [-0.39, 0.29) is 31.0 Å². The molecule has 0 fully saturated rings. The van der Waals surface area contributed by atoms with Gasteiger partial charge in [0.1, 0.15) is 12.6 Å². The summed E-state index contributed by atoms with van der Waals surface area (Å²) < 4.78 is 37.9. The number of fused-ring (bicyclic) bond motifs is 1. The first-order chi connectivity index (χ1) is 17.2. The van der Waals surface area contributed by atoms with Gasteiger partial charge < -0.3 is 19.7 Å². The SMILES string of the molecule is CC[C@@H](C(=O)NC(C)C)N(CCc1ccccc1)C(=O)CN(c1ccc2c(c1)OCO2)S(=O)(=O)CC. The first-order valence-electron chi connectivity index (χ1n) is 12.2. The monoisotopic (exact) mass is 517 g/mol. The van der Waals surface area contributed by atoms with E-state index >= 15 is 0 Å². The van der Waals surface area contributed by atoms with Gasteiger partial charge in [0.05, 0.1) is 11.4 Å². The zero-order valence-corrected chi connectivity index (χ0v) is 22.1. The Hall–Kier alpha value is -3.27. The van der Waals surface area contributed by atoms with Crippen LogP contribution >= 0.6 is 0 Å². The second-order valence-electron chi connectivity index (χ2n) is 8.85. The highest BCUT2D eigenvalue weighted by Gasteiger charge is 2.33. The Morgan fingerprint density at radius 1 is 1.03 bits per heavy atom. The molecular formula is C26H35N3O6S. The molecule has 10 heteroatoms. The van der Waals surface area contributed by atoms with Gasteiger partial charge >= 0.3 is 0 Å². The minimum absolute atomic E-state index is 0.0502. The fourth-order valence-corrected chi connectivity index (χ4v) is 5.09. The summed E-state index contributed by atoms with van der Waals surface area (Å²) >= 11 is 0. The van der Waals surface area contributed by atoms with E-state index in [9.17, 15) is 18.0 Å². The molecule has 0 aromatic heterocycles. The number of benzene rings is 2. The zero-order valence-electron chi connectivity index (χ0n) is 21.3. The Labute approximate surface area is 213 Å². The first-order valence-corrected chi connectivity index (χ1v) is 13.8. The third-order valence-electron chi connectivity index (χ3n) is 5.92. The molecule has 0 unspecified atom stereocenters. The summed E-state index contributed by atoms with van der Waals surface area (Å²) in [5.41, 5.74) is 1.32. The fraction of sp³-hybridized carbons (Fsp3) is 0.462. The summed E-state index contributed by atoms with van der Waals surface area (Å²) in [6.45, 7) is 6.97. The molecule has 2 amide bonds. The van der Waals surface area contributed by atoms with Crippen LogP contribution in [0.4, 0.5) is 5.69 Å². The molecule has 0 saturated carbocycles. The highest BCUT2D eigenvalue weighted by atomic mass is 32.2. The number of carbonyl (C=O) groups excluding carboxylic acids is 2. The van der Waals surface area contributed by atoms with E-state index in [0.29, 0.717) is 30.0 Å². The van der Waals surface area contributed by atoms with Gasteiger partial charge in [-0.15, -0.1) is 0 Å². The molecule has 9 nitrogen and oxygen atoms in total. The molecule has 2 aromatic carbocycles. The third-order valence-corrected chi connectivity index (χ3v) is 7.67. The Morgan fingerprint density at radius 2 is 1.72 bits per heavy atom. The molecule has 1 heterocycles. The zero-order chi connectivity index (χ0) is 26.3. The number of nitrogens with zero attached hydrogens (tertiary/aromatic N) is 2. The molecule has 0 radical (unpaired) electrons. The van der Waals surface area contributed by atoms with Crippen molar-refractivity contribution in [3.63, 3.8) is 0 Å². The summed E-state index contributed by atoms with van der Waals surface area (Å²) in [5.74, 6) is 0.0251. The summed E-state index contributed by atoms with van der Waals surface area (Å²) in [5, 5.41) is 2.89. The number of amides is 2. The van der Waals surface area contributed by atoms with Crippen molar-refractivity contribution in [1.82, 2.24) is 10.2 Å². The van der Waals surface area contributed by atoms with E-state index < -0.39 is 28.5 Å². The van der Waals surface area contributed by atoms with Gasteiger partial charge in [-0.25, -0.2) is 8.42 Å². The minimum Gasteiger partial charge on any atom is -0.454 e. The molecule has 1 N–H and O–H groups in total. The Balaban J connectivity index is 1.92. The van der Waals surface area contributed by atoms with Crippen LogP contribution in [0.25, 0.3) is 0 Å². The Morgan fingerprint density at radius 3 is 2.36 bits per heavy atom. The van der Waals surface area contributed by atoms with Gasteiger partial charge in [0.2, 0.25) is 28.6 Å². The number of sulfonamides is 1. The molecule has 36 heavy (non-hydrogen) atoms. The van der Waals surface area contributed by atoms with Crippen LogP contribution in [-0.2, 0) is 26.0 Å². The third kappa shape index (κ3) is 6.69. The normalized spacial score (nSPS) is 13.4.